The second kappa shape index (κ2) is 5.84. The molecular formula is C17H16N2O5. The van der Waals surface area contributed by atoms with Gasteiger partial charge in [0.25, 0.3) is 5.69 Å². The Bertz CT molecular complexity index is 974. The standard InChI is InChI=1S/C17H16N2O5/c1-4-23-17(20)24-11-5-6-13-12(8-11)15-10(3)14(19(21)22)7-9(2)16(15)18-13/h5-8,18H,4H2,1-3H3. The molecule has 0 unspecified atom stereocenters. The largest absolute Gasteiger partial charge is 0.513 e. The highest BCUT2D eigenvalue weighted by Crippen LogP contribution is 2.36. The number of rotatable bonds is 3. The Kier molecular flexibility index (Phi) is 3.84. The number of benzene rings is 2. The van der Waals surface area contributed by atoms with Crippen LogP contribution in [0.4, 0.5) is 10.5 Å². The summed E-state index contributed by atoms with van der Waals surface area (Å²) in [7, 11) is 0. The minimum Gasteiger partial charge on any atom is -0.434 e. The molecule has 3 aromatic rings. The normalized spacial score (nSPS) is 11.0. The van der Waals surface area contributed by atoms with Crippen LogP contribution in [-0.4, -0.2) is 22.7 Å². The van der Waals surface area contributed by atoms with Crippen LogP contribution in [0.3, 0.4) is 0 Å². The van der Waals surface area contributed by atoms with E-state index in [0.29, 0.717) is 11.3 Å². The Morgan fingerprint density at radius 2 is 2.04 bits per heavy atom. The van der Waals surface area contributed by atoms with E-state index in [0.717, 1.165) is 27.4 Å². The Balaban J connectivity index is 2.22. The quantitative estimate of drug-likeness (QED) is 0.333. The van der Waals surface area contributed by atoms with Gasteiger partial charge in [0.05, 0.1) is 17.0 Å². The molecule has 124 valence electrons. The molecule has 0 aliphatic carbocycles. The van der Waals surface area contributed by atoms with Crippen LogP contribution in [0.5, 0.6) is 5.75 Å². The number of nitro benzene ring substituents is 1. The van der Waals surface area contributed by atoms with Crippen LogP contribution < -0.4 is 4.74 Å². The lowest BCUT2D eigenvalue weighted by molar-refractivity contribution is -0.385. The first-order valence-electron chi connectivity index (χ1n) is 7.47. The van der Waals surface area contributed by atoms with Gasteiger partial charge in [-0.05, 0) is 44.5 Å². The van der Waals surface area contributed by atoms with Crippen molar-refractivity contribution in [1.29, 1.82) is 0 Å². The topological polar surface area (TPSA) is 94.5 Å². The van der Waals surface area contributed by atoms with Gasteiger partial charge >= 0.3 is 6.16 Å². The summed E-state index contributed by atoms with van der Waals surface area (Å²) in [6, 6.07) is 6.66. The maximum Gasteiger partial charge on any atom is 0.513 e. The number of hydrogen-bond acceptors (Lipinski definition) is 5. The Morgan fingerprint density at radius 1 is 1.29 bits per heavy atom. The van der Waals surface area contributed by atoms with Gasteiger partial charge in [-0.25, -0.2) is 4.79 Å². The van der Waals surface area contributed by atoms with Crippen LogP contribution in [-0.2, 0) is 4.74 Å². The Morgan fingerprint density at radius 3 is 2.71 bits per heavy atom. The number of H-pyrrole nitrogens is 1. The van der Waals surface area contributed by atoms with Crippen molar-refractivity contribution in [3.63, 3.8) is 0 Å². The first-order valence-corrected chi connectivity index (χ1v) is 7.47. The first kappa shape index (κ1) is 15.8. The van der Waals surface area contributed by atoms with Gasteiger partial charge in [0.15, 0.2) is 0 Å². The molecule has 0 saturated heterocycles. The van der Waals surface area contributed by atoms with Crippen LogP contribution in [0.2, 0.25) is 0 Å². The minimum absolute atomic E-state index is 0.0672. The van der Waals surface area contributed by atoms with Gasteiger partial charge in [-0.3, -0.25) is 10.1 Å². The van der Waals surface area contributed by atoms with E-state index >= 15 is 0 Å². The smallest absolute Gasteiger partial charge is 0.434 e. The Hall–Kier alpha value is -3.09. The third kappa shape index (κ3) is 2.54. The third-order valence-corrected chi connectivity index (χ3v) is 3.94. The fourth-order valence-electron chi connectivity index (χ4n) is 2.87. The van der Waals surface area contributed by atoms with Gasteiger partial charge in [-0.15, -0.1) is 0 Å². The second-order valence-electron chi connectivity index (χ2n) is 5.46. The lowest BCUT2D eigenvalue weighted by atomic mass is 10.0. The van der Waals surface area contributed by atoms with Crippen molar-refractivity contribution < 1.29 is 19.2 Å². The second-order valence-corrected chi connectivity index (χ2v) is 5.46. The molecule has 0 radical (unpaired) electrons. The van der Waals surface area contributed by atoms with E-state index in [1.165, 1.54) is 0 Å². The molecule has 0 aliphatic heterocycles. The minimum atomic E-state index is -0.782. The van der Waals surface area contributed by atoms with Crippen molar-refractivity contribution in [1.82, 2.24) is 4.98 Å². The number of ether oxygens (including phenoxy) is 2. The van der Waals surface area contributed by atoms with Gasteiger partial charge in [-0.2, -0.15) is 0 Å². The molecule has 3 rings (SSSR count). The molecule has 24 heavy (non-hydrogen) atoms. The van der Waals surface area contributed by atoms with E-state index in [1.807, 2.05) is 6.92 Å². The number of hydrogen-bond donors (Lipinski definition) is 1. The fraction of sp³-hybridized carbons (Fsp3) is 0.235. The van der Waals surface area contributed by atoms with Crippen LogP contribution in [0.25, 0.3) is 21.8 Å². The zero-order valence-electron chi connectivity index (χ0n) is 13.5. The van der Waals surface area contributed by atoms with E-state index in [1.54, 1.807) is 38.1 Å². The highest BCUT2D eigenvalue weighted by molar-refractivity contribution is 6.11. The van der Waals surface area contributed by atoms with E-state index < -0.39 is 6.16 Å². The van der Waals surface area contributed by atoms with E-state index in [4.69, 9.17) is 9.47 Å². The molecule has 0 atom stereocenters. The average molecular weight is 328 g/mol. The SMILES string of the molecule is CCOC(=O)Oc1ccc2[nH]c3c(C)cc([N+](=O)[O-])c(C)c3c2c1. The van der Waals surface area contributed by atoms with E-state index in [9.17, 15) is 14.9 Å². The van der Waals surface area contributed by atoms with Gasteiger partial charge < -0.3 is 14.5 Å². The van der Waals surface area contributed by atoms with Gasteiger partial charge in [0.2, 0.25) is 0 Å². The monoisotopic (exact) mass is 328 g/mol. The summed E-state index contributed by atoms with van der Waals surface area (Å²) in [5, 5.41) is 12.8. The van der Waals surface area contributed by atoms with Crippen molar-refractivity contribution in [3.8, 4) is 5.75 Å². The lowest BCUT2D eigenvalue weighted by Gasteiger charge is -2.05. The van der Waals surface area contributed by atoms with Crippen LogP contribution in [0.1, 0.15) is 18.1 Å². The molecule has 1 N–H and O–H groups in total. The number of carbonyl (C=O) groups is 1. The number of nitrogens with one attached hydrogen (secondary N) is 1. The van der Waals surface area contributed by atoms with Crippen molar-refractivity contribution in [2.45, 2.75) is 20.8 Å². The number of nitro groups is 1. The summed E-state index contributed by atoms with van der Waals surface area (Å²) in [6.07, 6.45) is -0.782. The lowest BCUT2D eigenvalue weighted by Crippen LogP contribution is -2.09. The summed E-state index contributed by atoms with van der Waals surface area (Å²) in [5.41, 5.74) is 3.07. The number of fused-ring (bicyclic) bond motifs is 3. The summed E-state index contributed by atoms with van der Waals surface area (Å²) in [6.45, 7) is 5.44. The molecule has 0 amide bonds. The molecule has 7 nitrogen and oxygen atoms in total. The molecule has 0 fully saturated rings. The maximum atomic E-state index is 11.5. The molecule has 2 aromatic carbocycles. The number of aromatic nitrogens is 1. The number of aromatic amines is 1. The third-order valence-electron chi connectivity index (χ3n) is 3.94. The molecular weight excluding hydrogens is 312 g/mol. The van der Waals surface area contributed by atoms with E-state index in [2.05, 4.69) is 4.98 Å². The predicted octanol–water partition coefficient (Wildman–Crippen LogP) is 4.38. The van der Waals surface area contributed by atoms with Crippen LogP contribution >= 0.6 is 0 Å². The highest BCUT2D eigenvalue weighted by Gasteiger charge is 2.19. The molecule has 0 spiro atoms. The molecule has 1 heterocycles. The molecule has 0 aliphatic rings. The van der Waals surface area contributed by atoms with Crippen LogP contribution in [0, 0.1) is 24.0 Å². The first-order chi connectivity index (χ1) is 11.4. The van der Waals surface area contributed by atoms with Crippen LogP contribution in [0.15, 0.2) is 24.3 Å². The summed E-state index contributed by atoms with van der Waals surface area (Å²) in [4.78, 5) is 25.6. The number of nitrogens with zero attached hydrogens (tertiary/aromatic N) is 1. The molecule has 0 saturated carbocycles. The summed E-state index contributed by atoms with van der Waals surface area (Å²) < 4.78 is 9.88. The molecule has 7 heteroatoms. The molecule has 0 bridgehead atoms. The van der Waals surface area contributed by atoms with Gasteiger partial charge in [-0.1, -0.05) is 0 Å². The van der Waals surface area contributed by atoms with E-state index in [-0.39, 0.29) is 17.2 Å². The summed E-state index contributed by atoms with van der Waals surface area (Å²) >= 11 is 0. The fourth-order valence-corrected chi connectivity index (χ4v) is 2.87. The Labute approximate surface area is 137 Å². The number of carbonyl (C=O) groups excluding carboxylic acids is 1. The van der Waals surface area contributed by atoms with Gasteiger partial charge in [0, 0.05) is 27.9 Å². The maximum absolute atomic E-state index is 11.5. The summed E-state index contributed by atoms with van der Waals surface area (Å²) in [5.74, 6) is 0.324. The molecule has 1 aromatic heterocycles. The van der Waals surface area contributed by atoms with Crippen molar-refractivity contribution in [2.24, 2.45) is 0 Å². The van der Waals surface area contributed by atoms with Gasteiger partial charge in [0.1, 0.15) is 5.75 Å². The predicted molar refractivity (Wildman–Crippen MR) is 89.6 cm³/mol. The zero-order valence-corrected chi connectivity index (χ0v) is 13.5. The van der Waals surface area contributed by atoms with Crippen molar-refractivity contribution in [3.05, 3.63) is 45.5 Å². The number of aryl methyl sites for hydroxylation is 2. The van der Waals surface area contributed by atoms with Crippen molar-refractivity contribution >= 4 is 33.6 Å². The average Bonchev–Trinajstić information content (AvgIpc) is 2.90. The van der Waals surface area contributed by atoms with Crippen molar-refractivity contribution in [2.75, 3.05) is 6.61 Å². The zero-order chi connectivity index (χ0) is 17.4. The highest BCUT2D eigenvalue weighted by atomic mass is 16.7.